The van der Waals surface area contributed by atoms with Crippen LogP contribution in [0.1, 0.15) is 16.7 Å². The van der Waals surface area contributed by atoms with Crippen molar-refractivity contribution in [2.24, 2.45) is 0 Å². The first-order valence-electron chi connectivity index (χ1n) is 9.36. The van der Waals surface area contributed by atoms with Gasteiger partial charge in [-0.1, -0.05) is 90.5 Å². The van der Waals surface area contributed by atoms with E-state index in [1.54, 1.807) is 11.8 Å². The van der Waals surface area contributed by atoms with Gasteiger partial charge in [0.25, 0.3) is 0 Å². The lowest BCUT2D eigenvalue weighted by molar-refractivity contribution is 0.811. The third kappa shape index (κ3) is 3.87. The van der Waals surface area contributed by atoms with Crippen molar-refractivity contribution in [3.05, 3.63) is 106 Å². The zero-order valence-corrected chi connectivity index (χ0v) is 20.3. The van der Waals surface area contributed by atoms with E-state index in [0.29, 0.717) is 0 Å². The third-order valence-electron chi connectivity index (χ3n) is 4.86. The highest BCUT2D eigenvalue weighted by molar-refractivity contribution is 9.10. The van der Waals surface area contributed by atoms with Crippen LogP contribution >= 0.6 is 44.7 Å². The zero-order valence-electron chi connectivity index (χ0n) is 16.2. The number of aryl methyl sites for hydroxylation is 1. The maximum absolute atomic E-state index is 4.92. The Balaban J connectivity index is 0.00000218. The molecule has 6 heteroatoms. The van der Waals surface area contributed by atoms with E-state index in [9.17, 15) is 0 Å². The minimum atomic E-state index is 0. The molecule has 0 radical (unpaired) electrons. The number of nitrogens with zero attached hydrogens (tertiary/aromatic N) is 2. The molecule has 3 aromatic carbocycles. The number of halogens is 2. The summed E-state index contributed by atoms with van der Waals surface area (Å²) in [4.78, 5) is 6.09. The predicted octanol–water partition coefficient (Wildman–Crippen LogP) is 7.37. The molecule has 0 amide bonds. The Kier molecular flexibility index (Phi) is 6.18. The Hall–Kier alpha value is -2.28. The molecule has 0 fully saturated rings. The molecule has 1 aliphatic heterocycles. The summed E-state index contributed by atoms with van der Waals surface area (Å²) in [5.74, 6) is 0. The topological polar surface area (TPSA) is 29.9 Å². The molecule has 30 heavy (non-hydrogen) atoms. The van der Waals surface area contributed by atoms with Gasteiger partial charge in [0.1, 0.15) is 10.3 Å². The van der Waals surface area contributed by atoms with Crippen LogP contribution in [0.3, 0.4) is 0 Å². The summed E-state index contributed by atoms with van der Waals surface area (Å²) in [6.07, 6.45) is 0. The summed E-state index contributed by atoms with van der Waals surface area (Å²) in [7, 11) is 0. The van der Waals surface area contributed by atoms with Crippen molar-refractivity contribution in [3.63, 3.8) is 0 Å². The summed E-state index contributed by atoms with van der Waals surface area (Å²) < 4.78 is 2.94. The van der Waals surface area contributed by atoms with Gasteiger partial charge >= 0.3 is 0 Å². The van der Waals surface area contributed by atoms with E-state index in [0.717, 1.165) is 32.3 Å². The van der Waals surface area contributed by atoms with Crippen LogP contribution in [-0.2, 0) is 0 Å². The zero-order chi connectivity index (χ0) is 19.8. The van der Waals surface area contributed by atoms with Gasteiger partial charge in [-0.2, -0.15) is 0 Å². The minimum absolute atomic E-state index is 0. The van der Waals surface area contributed by atoms with E-state index in [2.05, 4.69) is 88.9 Å². The Labute approximate surface area is 199 Å². The second kappa shape index (κ2) is 8.84. The maximum atomic E-state index is 4.92. The molecule has 4 aromatic rings. The molecule has 1 N–H and O–H groups in total. The van der Waals surface area contributed by atoms with Crippen LogP contribution in [0.4, 0.5) is 0 Å². The van der Waals surface area contributed by atoms with Gasteiger partial charge in [0, 0.05) is 16.0 Å². The monoisotopic (exact) mass is 539 g/mol. The summed E-state index contributed by atoms with van der Waals surface area (Å²) in [6, 6.07) is 29.3. The SMILES string of the molecule is Br.Cc1ccc(C2=C(c3ccccc3)Sc3nc(-c4ccccc4)c(Br)n3N2)cc1. The molecule has 0 saturated heterocycles. The molecule has 0 atom stereocenters. The molecule has 0 saturated carbocycles. The van der Waals surface area contributed by atoms with Crippen molar-refractivity contribution in [1.29, 1.82) is 0 Å². The highest BCUT2D eigenvalue weighted by atomic mass is 79.9. The van der Waals surface area contributed by atoms with Crippen LogP contribution in [0.5, 0.6) is 0 Å². The lowest BCUT2D eigenvalue weighted by Crippen LogP contribution is -2.19. The molecule has 5 rings (SSSR count). The van der Waals surface area contributed by atoms with Crippen molar-refractivity contribution in [2.75, 3.05) is 5.43 Å². The Morgan fingerprint density at radius 2 is 1.40 bits per heavy atom. The van der Waals surface area contributed by atoms with E-state index in [-0.39, 0.29) is 17.0 Å². The van der Waals surface area contributed by atoms with Crippen molar-refractivity contribution in [3.8, 4) is 11.3 Å². The molecular weight excluding hydrogens is 522 g/mol. The number of hydrogen-bond donors (Lipinski definition) is 1. The molecule has 150 valence electrons. The van der Waals surface area contributed by atoms with E-state index < -0.39 is 0 Å². The van der Waals surface area contributed by atoms with Crippen molar-refractivity contribution >= 4 is 55.3 Å². The van der Waals surface area contributed by atoms with Crippen LogP contribution in [0, 0.1) is 6.92 Å². The van der Waals surface area contributed by atoms with E-state index >= 15 is 0 Å². The lowest BCUT2D eigenvalue weighted by atomic mass is 10.1. The van der Waals surface area contributed by atoms with Crippen LogP contribution in [0.15, 0.2) is 94.7 Å². The summed E-state index contributed by atoms with van der Waals surface area (Å²) in [5.41, 5.74) is 10.3. The van der Waals surface area contributed by atoms with Crippen molar-refractivity contribution in [2.45, 2.75) is 12.1 Å². The van der Waals surface area contributed by atoms with Crippen LogP contribution in [0.25, 0.3) is 21.9 Å². The van der Waals surface area contributed by atoms with E-state index in [1.165, 1.54) is 16.0 Å². The van der Waals surface area contributed by atoms with Gasteiger partial charge in [0.05, 0.1) is 5.70 Å². The van der Waals surface area contributed by atoms with Gasteiger partial charge in [-0.05, 0) is 40.2 Å². The van der Waals surface area contributed by atoms with Gasteiger partial charge < -0.3 is 0 Å². The number of thioether (sulfide) groups is 1. The largest absolute Gasteiger partial charge is 0.290 e. The van der Waals surface area contributed by atoms with Gasteiger partial charge in [-0.25, -0.2) is 9.66 Å². The van der Waals surface area contributed by atoms with Crippen molar-refractivity contribution < 1.29 is 0 Å². The highest BCUT2D eigenvalue weighted by Crippen LogP contribution is 2.45. The molecule has 0 unspecified atom stereocenters. The average Bonchev–Trinajstić information content (AvgIpc) is 3.10. The fraction of sp³-hybridized carbons (Fsp3) is 0.0417. The molecule has 2 heterocycles. The van der Waals surface area contributed by atoms with Gasteiger partial charge in [0.2, 0.25) is 0 Å². The predicted molar refractivity (Wildman–Crippen MR) is 135 cm³/mol. The van der Waals surface area contributed by atoms with Crippen molar-refractivity contribution in [1.82, 2.24) is 9.66 Å². The number of imidazole rings is 1. The minimum Gasteiger partial charge on any atom is -0.290 e. The normalized spacial score (nSPS) is 12.7. The summed E-state index contributed by atoms with van der Waals surface area (Å²) in [5, 5.41) is 0.908. The van der Waals surface area contributed by atoms with Gasteiger partial charge in [0.15, 0.2) is 5.16 Å². The number of rotatable bonds is 3. The first kappa shape index (κ1) is 21.0. The molecule has 1 aromatic heterocycles. The van der Waals surface area contributed by atoms with Crippen LogP contribution in [-0.4, -0.2) is 9.66 Å². The molecule has 0 bridgehead atoms. The first-order chi connectivity index (χ1) is 14.2. The Bertz CT molecular complexity index is 1200. The van der Waals surface area contributed by atoms with Crippen LogP contribution < -0.4 is 5.43 Å². The second-order valence-corrected chi connectivity index (χ2v) is 8.61. The number of nitrogens with one attached hydrogen (secondary N) is 1. The standard InChI is InChI=1S/C24H18BrN3S.BrH/c1-16-12-14-18(15-13-16)20-22(19-10-6-3-7-11-19)29-24-26-21(23(25)28(24)27-20)17-8-4-2-5-9-17;/h2-15,27H,1H3;1H. The van der Waals surface area contributed by atoms with E-state index in [1.807, 2.05) is 28.9 Å². The van der Waals surface area contributed by atoms with Gasteiger partial charge in [-0.3, -0.25) is 5.43 Å². The number of benzene rings is 3. The molecular formula is C24H19Br2N3S. The summed E-state index contributed by atoms with van der Waals surface area (Å²) >= 11 is 5.45. The number of aromatic nitrogens is 2. The van der Waals surface area contributed by atoms with Gasteiger partial charge in [-0.15, -0.1) is 17.0 Å². The molecule has 0 spiro atoms. The average molecular weight is 541 g/mol. The quantitative estimate of drug-likeness (QED) is 0.294. The fourth-order valence-electron chi connectivity index (χ4n) is 3.34. The Morgan fingerprint density at radius 1 is 0.800 bits per heavy atom. The molecule has 1 aliphatic rings. The lowest BCUT2D eigenvalue weighted by Gasteiger charge is -2.24. The maximum Gasteiger partial charge on any atom is 0.193 e. The first-order valence-corrected chi connectivity index (χ1v) is 11.0. The fourth-order valence-corrected chi connectivity index (χ4v) is 5.10. The number of hydrogen-bond acceptors (Lipinski definition) is 3. The smallest absolute Gasteiger partial charge is 0.193 e. The highest BCUT2D eigenvalue weighted by Gasteiger charge is 2.26. The Morgan fingerprint density at radius 3 is 2.03 bits per heavy atom. The second-order valence-electron chi connectivity index (χ2n) is 6.89. The third-order valence-corrected chi connectivity index (χ3v) is 6.69. The van der Waals surface area contributed by atoms with Crippen LogP contribution in [0.2, 0.25) is 0 Å². The summed E-state index contributed by atoms with van der Waals surface area (Å²) in [6.45, 7) is 2.11. The molecule has 3 nitrogen and oxygen atoms in total. The van der Waals surface area contributed by atoms with E-state index in [4.69, 9.17) is 4.98 Å². The molecule has 0 aliphatic carbocycles. The number of fused-ring (bicyclic) bond motifs is 1.